The topological polar surface area (TPSA) is 81.2 Å². The van der Waals surface area contributed by atoms with Crippen LogP contribution in [0.15, 0.2) is 35.0 Å². The van der Waals surface area contributed by atoms with E-state index in [0.29, 0.717) is 26.1 Å². The number of likely N-dealkylation sites (N-methyl/N-ethyl adjacent to an activating group) is 1. The van der Waals surface area contributed by atoms with Gasteiger partial charge in [0.15, 0.2) is 11.6 Å². The number of halogens is 5. The molecule has 2 aliphatic heterocycles. The van der Waals surface area contributed by atoms with E-state index in [4.69, 9.17) is 9.90 Å². The Balaban J connectivity index is 0.000000406. The number of carboxylic acids is 1. The van der Waals surface area contributed by atoms with Crippen molar-refractivity contribution in [1.82, 2.24) is 9.80 Å². The summed E-state index contributed by atoms with van der Waals surface area (Å²) in [6, 6.07) is 5.13. The summed E-state index contributed by atoms with van der Waals surface area (Å²) in [5.41, 5.74) is 0.669. The highest BCUT2D eigenvalue weighted by Gasteiger charge is 2.48. The Bertz CT molecular complexity index is 1080. The molecule has 1 atom stereocenters. The smallest absolute Gasteiger partial charge is 0.475 e. The molecule has 34 heavy (non-hydrogen) atoms. The van der Waals surface area contributed by atoms with Crippen LogP contribution in [0.5, 0.6) is 0 Å². The summed E-state index contributed by atoms with van der Waals surface area (Å²) in [5, 5.41) is 11.0. The molecule has 2 saturated heterocycles. The summed E-state index contributed by atoms with van der Waals surface area (Å²) < 4.78 is 58.4. The molecule has 1 aromatic carbocycles. The molecule has 1 N–H and O–H groups in total. The molecule has 2 aliphatic rings. The number of carbonyl (C=O) groups is 3. The van der Waals surface area contributed by atoms with E-state index in [0.717, 1.165) is 17.8 Å². The molecule has 0 radical (unpaired) electrons. The monoisotopic (exact) mass is 505 g/mol. The first kappa shape index (κ1) is 25.6. The average Bonchev–Trinajstić information content (AvgIpc) is 3.43. The molecule has 3 heterocycles. The fraction of sp³-hybridized carbons (Fsp3) is 0.381. The van der Waals surface area contributed by atoms with Crippen LogP contribution in [0.25, 0.3) is 0 Å². The number of hydrogen-bond acceptors (Lipinski definition) is 5. The van der Waals surface area contributed by atoms with Gasteiger partial charge in [0.2, 0.25) is 5.91 Å². The molecule has 0 bridgehead atoms. The highest BCUT2D eigenvalue weighted by atomic mass is 32.1. The van der Waals surface area contributed by atoms with Crippen LogP contribution in [0.1, 0.15) is 16.8 Å². The summed E-state index contributed by atoms with van der Waals surface area (Å²) in [5.74, 6) is -5.04. The maximum absolute atomic E-state index is 13.5. The highest BCUT2D eigenvalue weighted by molar-refractivity contribution is 7.08. The van der Waals surface area contributed by atoms with Gasteiger partial charge in [0.05, 0.1) is 17.8 Å². The van der Waals surface area contributed by atoms with Crippen molar-refractivity contribution >= 4 is 34.8 Å². The second kappa shape index (κ2) is 9.66. The van der Waals surface area contributed by atoms with Gasteiger partial charge in [-0.15, -0.1) is 0 Å². The second-order valence-corrected chi connectivity index (χ2v) is 8.73. The number of carboxylic acid groups (broad SMARTS) is 1. The number of aliphatic carboxylic acids is 1. The Kier molecular flexibility index (Phi) is 7.26. The zero-order chi connectivity index (χ0) is 25.3. The summed E-state index contributed by atoms with van der Waals surface area (Å²) in [6.45, 7) is 1.73. The first-order chi connectivity index (χ1) is 15.8. The minimum atomic E-state index is -5.08. The van der Waals surface area contributed by atoms with Crippen LogP contribution in [0.3, 0.4) is 0 Å². The molecule has 13 heteroatoms. The predicted octanol–water partition coefficient (Wildman–Crippen LogP) is 3.22. The van der Waals surface area contributed by atoms with Crippen molar-refractivity contribution < 1.29 is 41.4 Å². The molecule has 4 rings (SSSR count). The normalized spacial score (nSPS) is 20.9. The summed E-state index contributed by atoms with van der Waals surface area (Å²) >= 11 is 1.53. The zero-order valence-electron chi connectivity index (χ0n) is 17.8. The lowest BCUT2D eigenvalue weighted by molar-refractivity contribution is -0.192. The van der Waals surface area contributed by atoms with Crippen molar-refractivity contribution in [1.29, 1.82) is 0 Å². The number of amides is 2. The van der Waals surface area contributed by atoms with Gasteiger partial charge in [0.1, 0.15) is 0 Å². The molecule has 2 aromatic rings. The zero-order valence-corrected chi connectivity index (χ0v) is 18.6. The number of likely N-dealkylation sites (tertiary alicyclic amines) is 1. The lowest BCUT2D eigenvalue weighted by Crippen LogP contribution is -2.64. The van der Waals surface area contributed by atoms with E-state index in [9.17, 15) is 31.5 Å². The van der Waals surface area contributed by atoms with Crippen molar-refractivity contribution in [3.63, 3.8) is 0 Å². The molecule has 2 fully saturated rings. The third-order valence-electron chi connectivity index (χ3n) is 5.78. The largest absolute Gasteiger partial charge is 0.490 e. The minimum Gasteiger partial charge on any atom is -0.475 e. The molecule has 0 saturated carbocycles. The van der Waals surface area contributed by atoms with E-state index in [1.807, 2.05) is 28.8 Å². The van der Waals surface area contributed by atoms with Crippen LogP contribution in [0.4, 0.5) is 27.6 Å². The van der Waals surface area contributed by atoms with Crippen molar-refractivity contribution in [2.24, 2.45) is 0 Å². The van der Waals surface area contributed by atoms with Gasteiger partial charge in [-0.2, -0.15) is 24.5 Å². The number of carbonyl (C=O) groups excluding carboxylic acids is 2. The van der Waals surface area contributed by atoms with Crippen LogP contribution in [0.2, 0.25) is 0 Å². The standard InChI is InChI=1S/C19H19F2N3O2S.C2HF3O2/c1-22-9-17(25)24(14-4-7-27-10-14)12-19(22)5-6-23(11-19)18(26)13-2-3-15(20)16(21)8-13;3-2(4,5)1(6)7/h2-4,7-8,10H,5-6,9,11-12H2,1H3;(H,6,7). The van der Waals surface area contributed by atoms with Gasteiger partial charge in [-0.1, -0.05) is 0 Å². The predicted molar refractivity (Wildman–Crippen MR) is 113 cm³/mol. The number of alkyl halides is 3. The fourth-order valence-corrected chi connectivity index (χ4v) is 4.53. The van der Waals surface area contributed by atoms with E-state index < -0.39 is 23.8 Å². The number of hydrogen-bond donors (Lipinski definition) is 1. The SMILES string of the molecule is CN1CC(=O)N(c2ccsc2)CC12CCN(C(=O)c1ccc(F)c(F)c1)C2.O=C(O)C(F)(F)F. The van der Waals surface area contributed by atoms with Gasteiger partial charge in [0, 0.05) is 30.6 Å². The van der Waals surface area contributed by atoms with Crippen molar-refractivity contribution in [2.75, 3.05) is 38.1 Å². The molecule has 2 amide bonds. The Morgan fingerprint density at radius 3 is 2.35 bits per heavy atom. The molecule has 1 unspecified atom stereocenters. The van der Waals surface area contributed by atoms with Crippen LogP contribution in [-0.2, 0) is 9.59 Å². The van der Waals surface area contributed by atoms with Gasteiger partial charge in [0.25, 0.3) is 5.91 Å². The number of nitrogens with zero attached hydrogens (tertiary/aromatic N) is 3. The molecule has 7 nitrogen and oxygen atoms in total. The molecular weight excluding hydrogens is 485 g/mol. The molecule has 184 valence electrons. The quantitative estimate of drug-likeness (QED) is 0.634. The number of anilines is 1. The highest BCUT2D eigenvalue weighted by Crippen LogP contribution is 2.34. The van der Waals surface area contributed by atoms with Gasteiger partial charge in [-0.3, -0.25) is 14.5 Å². The van der Waals surface area contributed by atoms with E-state index in [1.165, 1.54) is 17.4 Å². The van der Waals surface area contributed by atoms with Gasteiger partial charge in [-0.05, 0) is 43.1 Å². The van der Waals surface area contributed by atoms with Gasteiger partial charge < -0.3 is 14.9 Å². The minimum absolute atomic E-state index is 0.0342. The molecular formula is C21H20F5N3O4S. The Hall–Kier alpha value is -3.06. The second-order valence-electron chi connectivity index (χ2n) is 7.95. The lowest BCUT2D eigenvalue weighted by Gasteiger charge is -2.46. The van der Waals surface area contributed by atoms with E-state index in [2.05, 4.69) is 0 Å². The number of thiophene rings is 1. The van der Waals surface area contributed by atoms with Crippen LogP contribution in [-0.4, -0.2) is 77.6 Å². The molecule has 0 aliphatic carbocycles. The molecule has 1 aromatic heterocycles. The van der Waals surface area contributed by atoms with Crippen molar-refractivity contribution in [3.05, 3.63) is 52.2 Å². The van der Waals surface area contributed by atoms with Crippen LogP contribution < -0.4 is 4.90 Å². The third kappa shape index (κ3) is 5.36. The van der Waals surface area contributed by atoms with Crippen LogP contribution in [0, 0.1) is 11.6 Å². The summed E-state index contributed by atoms with van der Waals surface area (Å²) in [7, 11) is 1.90. The van der Waals surface area contributed by atoms with E-state index in [1.54, 1.807) is 9.80 Å². The molecule has 1 spiro atoms. The lowest BCUT2D eigenvalue weighted by atomic mass is 9.93. The first-order valence-corrected chi connectivity index (χ1v) is 10.9. The van der Waals surface area contributed by atoms with Crippen molar-refractivity contribution in [3.8, 4) is 0 Å². The summed E-state index contributed by atoms with van der Waals surface area (Å²) in [6.07, 6.45) is -4.37. The maximum Gasteiger partial charge on any atom is 0.490 e. The summed E-state index contributed by atoms with van der Waals surface area (Å²) in [4.78, 5) is 39.6. The maximum atomic E-state index is 13.5. The fourth-order valence-electron chi connectivity index (χ4n) is 3.89. The van der Waals surface area contributed by atoms with E-state index in [-0.39, 0.29) is 29.5 Å². The van der Waals surface area contributed by atoms with Gasteiger partial charge in [-0.25, -0.2) is 13.6 Å². The number of piperazine rings is 1. The Morgan fingerprint density at radius 2 is 1.79 bits per heavy atom. The van der Waals surface area contributed by atoms with Crippen molar-refractivity contribution in [2.45, 2.75) is 18.1 Å². The Labute approximate surface area is 195 Å². The van der Waals surface area contributed by atoms with Gasteiger partial charge >= 0.3 is 12.1 Å². The third-order valence-corrected chi connectivity index (χ3v) is 6.45. The Morgan fingerprint density at radius 1 is 1.12 bits per heavy atom. The number of rotatable bonds is 2. The number of benzene rings is 1. The first-order valence-electron chi connectivity index (χ1n) is 9.92. The van der Waals surface area contributed by atoms with E-state index >= 15 is 0 Å². The average molecular weight is 505 g/mol. The van der Waals surface area contributed by atoms with Crippen LogP contribution >= 0.6 is 11.3 Å².